The highest BCUT2D eigenvalue weighted by Crippen LogP contribution is 2.17. The van der Waals surface area contributed by atoms with Crippen molar-refractivity contribution in [2.24, 2.45) is 0 Å². The summed E-state index contributed by atoms with van der Waals surface area (Å²) >= 11 is 0. The van der Waals surface area contributed by atoms with Crippen LogP contribution in [0.3, 0.4) is 0 Å². The Bertz CT molecular complexity index is 554. The number of hydrogen-bond donors (Lipinski definition) is 1. The van der Waals surface area contributed by atoms with E-state index >= 15 is 0 Å². The molecule has 0 fully saturated rings. The molecular formula is C13H11NO3. The fourth-order valence-corrected chi connectivity index (χ4v) is 1.67. The van der Waals surface area contributed by atoms with E-state index < -0.39 is 12.0 Å². The minimum Gasteiger partial charge on any atom is -0.479 e. The van der Waals surface area contributed by atoms with Gasteiger partial charge in [0.2, 0.25) is 0 Å². The van der Waals surface area contributed by atoms with Crippen LogP contribution in [0.5, 0.6) is 0 Å². The van der Waals surface area contributed by atoms with Crippen molar-refractivity contribution in [2.45, 2.75) is 6.04 Å². The van der Waals surface area contributed by atoms with Crippen molar-refractivity contribution in [3.8, 4) is 0 Å². The standard InChI is InChI=1S/C13H11NO3/c15-11-6-8-14(9-7-11)12(13(16)17)10-4-2-1-3-5-10/h1-9,12H,(H,16,17). The summed E-state index contributed by atoms with van der Waals surface area (Å²) < 4.78 is 1.50. The first-order chi connectivity index (χ1) is 8.18. The molecule has 0 spiro atoms. The number of hydrogen-bond acceptors (Lipinski definition) is 2. The largest absolute Gasteiger partial charge is 0.479 e. The van der Waals surface area contributed by atoms with Crippen molar-refractivity contribution in [3.05, 3.63) is 70.6 Å². The van der Waals surface area contributed by atoms with Gasteiger partial charge >= 0.3 is 5.97 Å². The topological polar surface area (TPSA) is 59.3 Å². The van der Waals surface area contributed by atoms with E-state index in [2.05, 4.69) is 0 Å². The average Bonchev–Trinajstić information content (AvgIpc) is 2.33. The van der Waals surface area contributed by atoms with Crippen LogP contribution in [0, 0.1) is 0 Å². The summed E-state index contributed by atoms with van der Waals surface area (Å²) in [5.74, 6) is -0.958. The molecule has 1 aromatic heterocycles. The molecular weight excluding hydrogens is 218 g/mol. The van der Waals surface area contributed by atoms with Gasteiger partial charge in [0.15, 0.2) is 11.5 Å². The van der Waals surface area contributed by atoms with Gasteiger partial charge < -0.3 is 9.67 Å². The van der Waals surface area contributed by atoms with Gasteiger partial charge in [-0.15, -0.1) is 0 Å². The molecule has 2 aromatic rings. The first-order valence-corrected chi connectivity index (χ1v) is 5.14. The van der Waals surface area contributed by atoms with Crippen molar-refractivity contribution < 1.29 is 9.90 Å². The van der Waals surface area contributed by atoms with E-state index in [1.165, 1.54) is 29.1 Å². The Kier molecular flexibility index (Phi) is 3.05. The SMILES string of the molecule is O=C(O)C(c1ccccc1)n1ccc(=O)cc1. The highest BCUT2D eigenvalue weighted by molar-refractivity contribution is 5.76. The van der Waals surface area contributed by atoms with Crippen molar-refractivity contribution in [1.29, 1.82) is 0 Å². The Morgan fingerprint density at radius 3 is 2.18 bits per heavy atom. The zero-order valence-electron chi connectivity index (χ0n) is 8.98. The summed E-state index contributed by atoms with van der Waals surface area (Å²) in [6.45, 7) is 0. The molecule has 0 aliphatic rings. The number of carboxylic acids is 1. The molecule has 1 unspecified atom stereocenters. The molecule has 0 amide bonds. The fraction of sp³-hybridized carbons (Fsp3) is 0.0769. The first kappa shape index (κ1) is 11.1. The molecule has 1 atom stereocenters. The van der Waals surface area contributed by atoms with Crippen LogP contribution in [0.4, 0.5) is 0 Å². The number of rotatable bonds is 3. The second kappa shape index (κ2) is 4.65. The van der Waals surface area contributed by atoms with Crippen LogP contribution in [0.2, 0.25) is 0 Å². The summed E-state index contributed by atoms with van der Waals surface area (Å²) in [6.07, 6.45) is 2.96. The summed E-state index contributed by atoms with van der Waals surface area (Å²) in [7, 11) is 0. The van der Waals surface area contributed by atoms with E-state index in [4.69, 9.17) is 0 Å². The monoisotopic (exact) mass is 229 g/mol. The van der Waals surface area contributed by atoms with Gasteiger partial charge in [-0.1, -0.05) is 30.3 Å². The van der Waals surface area contributed by atoms with Gasteiger partial charge in [-0.05, 0) is 5.56 Å². The Morgan fingerprint density at radius 2 is 1.65 bits per heavy atom. The van der Waals surface area contributed by atoms with Crippen molar-refractivity contribution in [1.82, 2.24) is 4.57 Å². The van der Waals surface area contributed by atoms with E-state index in [1.807, 2.05) is 6.07 Å². The first-order valence-electron chi connectivity index (χ1n) is 5.14. The van der Waals surface area contributed by atoms with Crippen molar-refractivity contribution in [2.75, 3.05) is 0 Å². The second-order valence-electron chi connectivity index (χ2n) is 3.63. The van der Waals surface area contributed by atoms with Crippen LogP contribution >= 0.6 is 0 Å². The lowest BCUT2D eigenvalue weighted by molar-refractivity contribution is -0.139. The minimum atomic E-state index is -0.958. The maximum absolute atomic E-state index is 11.3. The zero-order chi connectivity index (χ0) is 12.3. The van der Waals surface area contributed by atoms with E-state index in [0.717, 1.165) is 0 Å². The maximum Gasteiger partial charge on any atom is 0.331 e. The summed E-state index contributed by atoms with van der Waals surface area (Å²) in [5, 5.41) is 9.25. The normalized spacial score (nSPS) is 12.0. The van der Waals surface area contributed by atoms with Gasteiger partial charge in [-0.2, -0.15) is 0 Å². The van der Waals surface area contributed by atoms with Crippen LogP contribution in [0.1, 0.15) is 11.6 Å². The smallest absolute Gasteiger partial charge is 0.331 e. The third-order valence-corrected chi connectivity index (χ3v) is 2.47. The number of benzene rings is 1. The third kappa shape index (κ3) is 2.42. The quantitative estimate of drug-likeness (QED) is 0.868. The van der Waals surface area contributed by atoms with Crippen LogP contribution < -0.4 is 5.43 Å². The Balaban J connectivity index is 2.47. The highest BCUT2D eigenvalue weighted by Gasteiger charge is 2.20. The third-order valence-electron chi connectivity index (χ3n) is 2.47. The lowest BCUT2D eigenvalue weighted by Gasteiger charge is -2.16. The van der Waals surface area contributed by atoms with Crippen LogP contribution in [-0.4, -0.2) is 15.6 Å². The van der Waals surface area contributed by atoms with Gasteiger partial charge in [0.25, 0.3) is 0 Å². The van der Waals surface area contributed by atoms with Crippen molar-refractivity contribution in [3.63, 3.8) is 0 Å². The predicted molar refractivity (Wildman–Crippen MR) is 62.9 cm³/mol. The van der Waals surface area contributed by atoms with Gasteiger partial charge in [0.05, 0.1) is 0 Å². The molecule has 0 saturated carbocycles. The number of carboxylic acid groups (broad SMARTS) is 1. The summed E-state index contributed by atoms with van der Waals surface area (Å²) in [5.41, 5.74) is 0.530. The molecule has 1 aromatic carbocycles. The number of nitrogens with zero attached hydrogens (tertiary/aromatic N) is 1. The van der Waals surface area contributed by atoms with Gasteiger partial charge in [0, 0.05) is 24.5 Å². The molecule has 86 valence electrons. The van der Waals surface area contributed by atoms with Crippen LogP contribution in [0.25, 0.3) is 0 Å². The molecule has 4 heteroatoms. The Labute approximate surface area is 97.8 Å². The predicted octanol–water partition coefficient (Wildman–Crippen LogP) is 1.52. The van der Waals surface area contributed by atoms with E-state index in [0.29, 0.717) is 5.56 Å². The molecule has 17 heavy (non-hydrogen) atoms. The maximum atomic E-state index is 11.3. The fourth-order valence-electron chi connectivity index (χ4n) is 1.67. The van der Waals surface area contributed by atoms with Gasteiger partial charge in [-0.3, -0.25) is 4.79 Å². The van der Waals surface area contributed by atoms with Crippen LogP contribution in [0.15, 0.2) is 59.7 Å². The molecule has 2 rings (SSSR count). The average molecular weight is 229 g/mol. The molecule has 0 aliphatic carbocycles. The molecule has 0 radical (unpaired) electrons. The zero-order valence-corrected chi connectivity index (χ0v) is 8.98. The molecule has 0 aliphatic heterocycles. The van der Waals surface area contributed by atoms with Gasteiger partial charge in [-0.25, -0.2) is 4.79 Å². The second-order valence-corrected chi connectivity index (χ2v) is 3.63. The Hall–Kier alpha value is -2.36. The molecule has 0 saturated heterocycles. The van der Waals surface area contributed by atoms with Gasteiger partial charge in [0.1, 0.15) is 0 Å². The van der Waals surface area contributed by atoms with E-state index in [-0.39, 0.29) is 5.43 Å². The molecule has 1 heterocycles. The summed E-state index contributed by atoms with van der Waals surface area (Å²) in [6, 6.07) is 10.8. The highest BCUT2D eigenvalue weighted by atomic mass is 16.4. The number of carbonyl (C=O) groups is 1. The van der Waals surface area contributed by atoms with Crippen LogP contribution in [-0.2, 0) is 4.79 Å². The lowest BCUT2D eigenvalue weighted by Crippen LogP contribution is -2.21. The van der Waals surface area contributed by atoms with Crippen molar-refractivity contribution >= 4 is 5.97 Å². The number of aromatic nitrogens is 1. The lowest BCUT2D eigenvalue weighted by atomic mass is 10.1. The van der Waals surface area contributed by atoms with E-state index in [1.54, 1.807) is 24.3 Å². The minimum absolute atomic E-state index is 0.140. The molecule has 0 bridgehead atoms. The van der Waals surface area contributed by atoms with E-state index in [9.17, 15) is 14.7 Å². The summed E-state index contributed by atoms with van der Waals surface area (Å²) in [4.78, 5) is 22.3. The number of aliphatic carboxylic acids is 1. The molecule has 4 nitrogen and oxygen atoms in total. The number of pyridine rings is 1. The molecule has 1 N–H and O–H groups in total. The Morgan fingerprint density at radius 1 is 1.06 bits per heavy atom.